The quantitative estimate of drug-likeness (QED) is 0.786. The van der Waals surface area contributed by atoms with E-state index in [1.54, 1.807) is 12.1 Å². The Morgan fingerprint density at radius 1 is 1.10 bits per heavy atom. The van der Waals surface area contributed by atoms with E-state index in [1.807, 2.05) is 13.0 Å². The van der Waals surface area contributed by atoms with Gasteiger partial charge >= 0.3 is 0 Å². The molecule has 0 spiro atoms. The topological polar surface area (TPSA) is 26.3 Å². The van der Waals surface area contributed by atoms with Gasteiger partial charge in [0.05, 0.1) is 12.0 Å². The Morgan fingerprint density at radius 3 is 2.65 bits per heavy atom. The Morgan fingerprint density at radius 2 is 1.90 bits per heavy atom. The second-order valence-electron chi connectivity index (χ2n) is 4.91. The Kier molecular flexibility index (Phi) is 3.01. The van der Waals surface area contributed by atoms with E-state index in [-0.39, 0.29) is 12.2 Å². The molecule has 20 heavy (non-hydrogen) atoms. The van der Waals surface area contributed by atoms with Crippen LogP contribution in [0.25, 0.3) is 0 Å². The lowest BCUT2D eigenvalue weighted by Gasteiger charge is -2.25. The predicted octanol–water partition coefficient (Wildman–Crippen LogP) is 3.98. The summed E-state index contributed by atoms with van der Waals surface area (Å²) in [4.78, 5) is 12.1. The van der Waals surface area contributed by atoms with Gasteiger partial charge in [0.25, 0.3) is 0 Å². The van der Waals surface area contributed by atoms with Crippen LogP contribution in [-0.4, -0.2) is 5.78 Å². The molecule has 0 aliphatic carbocycles. The molecule has 0 aromatic heterocycles. The number of benzene rings is 2. The average molecular weight is 274 g/mol. The van der Waals surface area contributed by atoms with Crippen molar-refractivity contribution in [1.82, 2.24) is 0 Å². The fraction of sp³-hybridized carbons (Fsp3) is 0.188. The number of aryl methyl sites for hydroxylation is 1. The molecule has 1 aliphatic heterocycles. The van der Waals surface area contributed by atoms with Crippen LogP contribution in [0.3, 0.4) is 0 Å². The molecule has 0 saturated carbocycles. The predicted molar refractivity (Wildman–Crippen MR) is 69.9 cm³/mol. The number of fused-ring (bicyclic) bond motifs is 1. The van der Waals surface area contributed by atoms with Gasteiger partial charge in [-0.05, 0) is 36.8 Å². The first-order valence-corrected chi connectivity index (χ1v) is 6.30. The number of hydrogen-bond donors (Lipinski definition) is 0. The van der Waals surface area contributed by atoms with Crippen LogP contribution < -0.4 is 4.74 Å². The SMILES string of the molecule is Cc1ccc2c(c1)C(=O)CC(c1ccc(F)c(F)c1)O2. The van der Waals surface area contributed by atoms with E-state index in [2.05, 4.69) is 0 Å². The molecule has 2 nitrogen and oxygen atoms in total. The summed E-state index contributed by atoms with van der Waals surface area (Å²) < 4.78 is 31.9. The van der Waals surface area contributed by atoms with Gasteiger partial charge in [-0.25, -0.2) is 8.78 Å². The van der Waals surface area contributed by atoms with Gasteiger partial charge in [0.1, 0.15) is 11.9 Å². The van der Waals surface area contributed by atoms with Crippen molar-refractivity contribution in [2.75, 3.05) is 0 Å². The van der Waals surface area contributed by atoms with Gasteiger partial charge in [-0.3, -0.25) is 4.79 Å². The highest BCUT2D eigenvalue weighted by Gasteiger charge is 2.28. The van der Waals surface area contributed by atoms with Crippen LogP contribution in [0.15, 0.2) is 36.4 Å². The smallest absolute Gasteiger partial charge is 0.170 e. The first kappa shape index (κ1) is 12.8. The monoisotopic (exact) mass is 274 g/mol. The second kappa shape index (κ2) is 4.71. The number of ether oxygens (including phenoxy) is 1. The van der Waals surface area contributed by atoms with Gasteiger partial charge in [0.15, 0.2) is 17.4 Å². The molecule has 1 aliphatic rings. The number of halogens is 2. The average Bonchev–Trinajstić information content (AvgIpc) is 2.42. The lowest BCUT2D eigenvalue weighted by Crippen LogP contribution is -2.20. The van der Waals surface area contributed by atoms with Crippen LogP contribution in [0, 0.1) is 18.6 Å². The van der Waals surface area contributed by atoms with E-state index in [0.29, 0.717) is 16.9 Å². The van der Waals surface area contributed by atoms with Crippen molar-refractivity contribution in [3.05, 3.63) is 64.7 Å². The molecule has 102 valence electrons. The summed E-state index contributed by atoms with van der Waals surface area (Å²) in [5.41, 5.74) is 1.99. The van der Waals surface area contributed by atoms with Crippen molar-refractivity contribution in [2.45, 2.75) is 19.4 Å². The summed E-state index contributed by atoms with van der Waals surface area (Å²) in [6.45, 7) is 1.90. The van der Waals surface area contributed by atoms with E-state index in [0.717, 1.165) is 17.7 Å². The molecule has 0 radical (unpaired) electrons. The molecule has 1 unspecified atom stereocenters. The van der Waals surface area contributed by atoms with E-state index >= 15 is 0 Å². The van der Waals surface area contributed by atoms with E-state index in [4.69, 9.17) is 4.74 Å². The largest absolute Gasteiger partial charge is 0.484 e. The summed E-state index contributed by atoms with van der Waals surface area (Å²) >= 11 is 0. The minimum Gasteiger partial charge on any atom is -0.484 e. The van der Waals surface area contributed by atoms with E-state index in [9.17, 15) is 13.6 Å². The first-order chi connectivity index (χ1) is 9.54. The zero-order chi connectivity index (χ0) is 14.3. The lowest BCUT2D eigenvalue weighted by molar-refractivity contribution is 0.0849. The Bertz CT molecular complexity index is 695. The van der Waals surface area contributed by atoms with Crippen molar-refractivity contribution in [1.29, 1.82) is 0 Å². The molecule has 0 fully saturated rings. The van der Waals surface area contributed by atoms with Gasteiger partial charge in [-0.2, -0.15) is 0 Å². The maximum absolute atomic E-state index is 13.3. The number of Topliss-reactive ketones (excluding diaryl/α,β-unsaturated/α-hetero) is 1. The van der Waals surface area contributed by atoms with Crippen LogP contribution in [0.5, 0.6) is 5.75 Å². The maximum Gasteiger partial charge on any atom is 0.170 e. The fourth-order valence-electron chi connectivity index (χ4n) is 2.34. The number of rotatable bonds is 1. The molecule has 0 amide bonds. The maximum atomic E-state index is 13.3. The molecule has 2 aromatic rings. The normalized spacial score (nSPS) is 17.6. The van der Waals surface area contributed by atoms with Gasteiger partial charge in [-0.15, -0.1) is 0 Å². The van der Waals surface area contributed by atoms with Crippen molar-refractivity contribution >= 4 is 5.78 Å². The molecule has 4 heteroatoms. The Balaban J connectivity index is 1.97. The molecule has 0 N–H and O–H groups in total. The van der Waals surface area contributed by atoms with E-state index in [1.165, 1.54) is 6.07 Å². The van der Waals surface area contributed by atoms with Crippen LogP contribution in [0.1, 0.15) is 34.0 Å². The first-order valence-electron chi connectivity index (χ1n) is 6.30. The summed E-state index contributed by atoms with van der Waals surface area (Å²) in [5, 5.41) is 0. The highest BCUT2D eigenvalue weighted by Crippen LogP contribution is 2.35. The van der Waals surface area contributed by atoms with Crippen molar-refractivity contribution < 1.29 is 18.3 Å². The Hall–Kier alpha value is -2.23. The van der Waals surface area contributed by atoms with Gasteiger partial charge in [0, 0.05) is 0 Å². The molecule has 3 rings (SSSR count). The van der Waals surface area contributed by atoms with Crippen molar-refractivity contribution in [3.63, 3.8) is 0 Å². The molecular formula is C16H12F2O2. The summed E-state index contributed by atoms with van der Waals surface area (Å²) in [6, 6.07) is 8.92. The second-order valence-corrected chi connectivity index (χ2v) is 4.91. The summed E-state index contributed by atoms with van der Waals surface area (Å²) in [6.07, 6.45) is -0.450. The molecular weight excluding hydrogens is 262 g/mol. The minimum atomic E-state index is -0.937. The summed E-state index contributed by atoms with van der Waals surface area (Å²) in [7, 11) is 0. The third kappa shape index (κ3) is 2.18. The van der Waals surface area contributed by atoms with Gasteiger partial charge in [0.2, 0.25) is 0 Å². The number of carbonyl (C=O) groups is 1. The van der Waals surface area contributed by atoms with Crippen molar-refractivity contribution in [2.24, 2.45) is 0 Å². The fourth-order valence-corrected chi connectivity index (χ4v) is 2.34. The highest BCUT2D eigenvalue weighted by molar-refractivity contribution is 6.00. The standard InChI is InChI=1S/C16H12F2O2/c1-9-2-5-15-11(6-9)14(19)8-16(20-15)10-3-4-12(17)13(18)7-10/h2-7,16H,8H2,1H3. The van der Waals surface area contributed by atoms with Crippen molar-refractivity contribution in [3.8, 4) is 5.75 Å². The number of carbonyl (C=O) groups excluding carboxylic acids is 1. The number of ketones is 1. The van der Waals surface area contributed by atoms with Crippen LogP contribution >= 0.6 is 0 Å². The highest BCUT2D eigenvalue weighted by atomic mass is 19.2. The molecule has 2 aromatic carbocycles. The zero-order valence-corrected chi connectivity index (χ0v) is 10.8. The molecule has 1 atom stereocenters. The van der Waals surface area contributed by atoms with Gasteiger partial charge < -0.3 is 4.74 Å². The van der Waals surface area contributed by atoms with Crippen LogP contribution in [0.4, 0.5) is 8.78 Å². The minimum absolute atomic E-state index is 0.0512. The lowest BCUT2D eigenvalue weighted by atomic mass is 9.95. The third-order valence-electron chi connectivity index (χ3n) is 3.39. The van der Waals surface area contributed by atoms with Gasteiger partial charge in [-0.1, -0.05) is 17.7 Å². The summed E-state index contributed by atoms with van der Waals surface area (Å²) in [5.74, 6) is -1.41. The van der Waals surface area contributed by atoms with E-state index < -0.39 is 17.7 Å². The molecule has 0 saturated heterocycles. The molecule has 0 bridgehead atoms. The zero-order valence-electron chi connectivity index (χ0n) is 10.8. The Labute approximate surface area is 115 Å². The third-order valence-corrected chi connectivity index (χ3v) is 3.39. The molecule has 1 heterocycles. The van der Waals surface area contributed by atoms with Crippen LogP contribution in [0.2, 0.25) is 0 Å². The number of hydrogen-bond acceptors (Lipinski definition) is 2. The van der Waals surface area contributed by atoms with Crippen LogP contribution in [-0.2, 0) is 0 Å².